The van der Waals surface area contributed by atoms with Crippen LogP contribution in [0.4, 0.5) is 20.4 Å². The lowest BCUT2D eigenvalue weighted by Crippen LogP contribution is -2.10. The summed E-state index contributed by atoms with van der Waals surface area (Å²) in [6.45, 7) is 1.64. The first kappa shape index (κ1) is 24.2. The zero-order valence-electron chi connectivity index (χ0n) is 17.9. The first-order valence-corrected chi connectivity index (χ1v) is 10.8. The maximum Gasteiger partial charge on any atom is 0.227 e. The predicted molar refractivity (Wildman–Crippen MR) is 135 cm³/mol. The fourth-order valence-electron chi connectivity index (χ4n) is 3.84. The van der Waals surface area contributed by atoms with Gasteiger partial charge in [0.15, 0.2) is 5.78 Å². The van der Waals surface area contributed by atoms with Gasteiger partial charge in [0.2, 0.25) is 5.95 Å². The summed E-state index contributed by atoms with van der Waals surface area (Å²) >= 11 is 6.25. The molecule has 5 nitrogen and oxygen atoms in total. The molecule has 8 heteroatoms. The van der Waals surface area contributed by atoms with Crippen LogP contribution in [0.1, 0.15) is 41.4 Å². The molecule has 0 unspecified atom stereocenters. The second-order valence-electron chi connectivity index (χ2n) is 7.78. The number of aromatic nitrogens is 2. The molecule has 0 spiro atoms. The summed E-state index contributed by atoms with van der Waals surface area (Å²) in [6.07, 6.45) is 1.64. The Morgan fingerprint density at radius 3 is 2.40 bits per heavy atom. The Morgan fingerprint density at radius 2 is 1.71 bits per heavy atom. The van der Waals surface area contributed by atoms with Gasteiger partial charge in [-0.2, -0.15) is 0 Å². The lowest BCUT2D eigenvalue weighted by molar-refractivity contribution is 0.101. The maximum absolute atomic E-state index is 14.7. The molecule has 0 bridgehead atoms. The van der Waals surface area contributed by atoms with Crippen molar-refractivity contribution in [1.29, 1.82) is 0 Å². The highest BCUT2D eigenvalue weighted by Gasteiger charge is 2.25. The Labute approximate surface area is 206 Å². The van der Waals surface area contributed by atoms with Crippen LogP contribution in [0.25, 0.3) is 11.3 Å². The largest absolute Gasteiger partial charge is 0.324 e. The molecule has 0 saturated heterocycles. The molecule has 1 aliphatic heterocycles. The van der Waals surface area contributed by atoms with Crippen molar-refractivity contribution < 1.29 is 13.6 Å². The van der Waals surface area contributed by atoms with Crippen LogP contribution in [-0.4, -0.2) is 21.5 Å². The van der Waals surface area contributed by atoms with Gasteiger partial charge in [0.25, 0.3) is 0 Å². The van der Waals surface area contributed by atoms with E-state index in [2.05, 4.69) is 20.3 Å². The van der Waals surface area contributed by atoms with E-state index in [1.165, 1.54) is 25.1 Å². The van der Waals surface area contributed by atoms with Crippen molar-refractivity contribution >= 4 is 34.7 Å². The van der Waals surface area contributed by atoms with Gasteiger partial charge in [-0.05, 0) is 55.5 Å². The smallest absolute Gasteiger partial charge is 0.227 e. The molecule has 0 aliphatic carbocycles. The minimum absolute atomic E-state index is 0. The molecule has 0 radical (unpaired) electrons. The first-order valence-electron chi connectivity index (χ1n) is 10.4. The number of rotatable bonds is 4. The van der Waals surface area contributed by atoms with E-state index < -0.39 is 11.6 Å². The summed E-state index contributed by atoms with van der Waals surface area (Å²) in [6, 6.07) is 15.8. The van der Waals surface area contributed by atoms with Gasteiger partial charge in [0.05, 0.1) is 23.5 Å². The van der Waals surface area contributed by atoms with Crippen molar-refractivity contribution in [3.8, 4) is 11.3 Å². The molecule has 0 saturated carbocycles. The molecule has 1 aromatic heterocycles. The van der Waals surface area contributed by atoms with Crippen molar-refractivity contribution in [2.45, 2.75) is 20.9 Å². The van der Waals surface area contributed by atoms with Crippen LogP contribution >= 0.6 is 11.6 Å². The van der Waals surface area contributed by atoms with Crippen LogP contribution in [0.3, 0.4) is 0 Å². The third-order valence-corrected chi connectivity index (χ3v) is 5.75. The second kappa shape index (κ2) is 9.72. The molecule has 176 valence electrons. The highest BCUT2D eigenvalue weighted by Crippen LogP contribution is 2.34. The number of aliphatic imine (C=N–C) groups is 1. The molecule has 35 heavy (non-hydrogen) atoms. The molecule has 0 atom stereocenters. The summed E-state index contributed by atoms with van der Waals surface area (Å²) in [5.41, 5.74) is 3.66. The van der Waals surface area contributed by atoms with Gasteiger partial charge in [-0.25, -0.2) is 18.7 Å². The SMILES string of the molecule is C.CC(=O)c1ccc(Nc2ncc3c(n2)-c2ccc(Cl)cc2C(c2c(F)cccc2F)=NC3)cc1. The van der Waals surface area contributed by atoms with Crippen molar-refractivity contribution in [2.75, 3.05) is 5.32 Å². The molecule has 3 aromatic carbocycles. The number of hydrogen-bond acceptors (Lipinski definition) is 5. The van der Waals surface area contributed by atoms with Gasteiger partial charge in [-0.15, -0.1) is 0 Å². The van der Waals surface area contributed by atoms with Crippen LogP contribution in [0.2, 0.25) is 5.02 Å². The number of carbonyl (C=O) groups is 1. The normalized spacial score (nSPS) is 11.9. The second-order valence-corrected chi connectivity index (χ2v) is 8.21. The monoisotopic (exact) mass is 490 g/mol. The minimum Gasteiger partial charge on any atom is -0.324 e. The summed E-state index contributed by atoms with van der Waals surface area (Å²) in [5.74, 6) is -1.11. The zero-order chi connectivity index (χ0) is 23.8. The molecule has 5 rings (SSSR count). The lowest BCUT2D eigenvalue weighted by atomic mass is 9.95. The van der Waals surface area contributed by atoms with Gasteiger partial charge in [-0.3, -0.25) is 9.79 Å². The molecule has 4 aromatic rings. The van der Waals surface area contributed by atoms with Crippen molar-refractivity contribution in [3.63, 3.8) is 0 Å². The number of anilines is 2. The van der Waals surface area contributed by atoms with Crippen LogP contribution in [0.15, 0.2) is 71.9 Å². The predicted octanol–water partition coefficient (Wildman–Crippen LogP) is 7.01. The van der Waals surface area contributed by atoms with Crippen LogP contribution < -0.4 is 5.32 Å². The lowest BCUT2D eigenvalue weighted by Gasteiger charge is -2.13. The number of ketones is 1. The molecular weight excluding hydrogens is 470 g/mol. The average molecular weight is 491 g/mol. The molecular formula is C27H21ClF2N4O. The maximum atomic E-state index is 14.7. The van der Waals surface area contributed by atoms with E-state index in [1.54, 1.807) is 48.7 Å². The van der Waals surface area contributed by atoms with E-state index in [-0.39, 0.29) is 31.0 Å². The topological polar surface area (TPSA) is 67.2 Å². The Hall–Kier alpha value is -3.97. The number of benzene rings is 3. The van der Waals surface area contributed by atoms with Crippen LogP contribution in [-0.2, 0) is 6.54 Å². The Bertz CT molecular complexity index is 1450. The van der Waals surface area contributed by atoms with E-state index in [1.807, 2.05) is 0 Å². The quantitative estimate of drug-likeness (QED) is 0.312. The molecule has 0 amide bonds. The van der Waals surface area contributed by atoms with Gasteiger partial charge < -0.3 is 5.32 Å². The van der Waals surface area contributed by atoms with Gasteiger partial charge in [0, 0.05) is 39.2 Å². The van der Waals surface area contributed by atoms with E-state index in [9.17, 15) is 13.6 Å². The minimum atomic E-state index is -0.710. The first-order chi connectivity index (χ1) is 16.4. The molecule has 0 fully saturated rings. The van der Waals surface area contributed by atoms with Crippen molar-refractivity contribution in [3.05, 3.63) is 106 Å². The van der Waals surface area contributed by atoms with E-state index in [4.69, 9.17) is 11.6 Å². The molecule has 1 aliphatic rings. The summed E-state index contributed by atoms with van der Waals surface area (Å²) in [5, 5.41) is 3.53. The standard InChI is InChI=1S/C26H17ClF2N4O.CH4/c1-14(34)15-5-8-18(9-6-15)32-26-31-13-16-12-30-25(23-21(28)3-2-4-22(23)29)20-11-17(27)7-10-19(20)24(16)33-26;/h2-11,13H,12H2,1H3,(H,31,32,33);1H4. The average Bonchev–Trinajstić information content (AvgIpc) is 2.96. The van der Waals surface area contributed by atoms with Gasteiger partial charge in [-0.1, -0.05) is 31.2 Å². The highest BCUT2D eigenvalue weighted by atomic mass is 35.5. The number of nitrogens with zero attached hydrogens (tertiary/aromatic N) is 3. The van der Waals surface area contributed by atoms with Crippen molar-refractivity contribution in [2.24, 2.45) is 4.99 Å². The number of halogens is 3. The van der Waals surface area contributed by atoms with Crippen molar-refractivity contribution in [1.82, 2.24) is 9.97 Å². The highest BCUT2D eigenvalue weighted by molar-refractivity contribution is 6.31. The van der Waals surface area contributed by atoms with Crippen LogP contribution in [0, 0.1) is 11.6 Å². The zero-order valence-corrected chi connectivity index (χ0v) is 18.7. The number of nitrogens with one attached hydrogen (secondary N) is 1. The Morgan fingerprint density at radius 1 is 1.00 bits per heavy atom. The Balaban J connectivity index is 0.00000289. The third kappa shape index (κ3) is 4.68. The number of carbonyl (C=O) groups excluding carboxylic acids is 1. The van der Waals surface area contributed by atoms with E-state index in [0.717, 1.165) is 0 Å². The molecule has 2 heterocycles. The molecule has 1 N–H and O–H groups in total. The summed E-state index contributed by atoms with van der Waals surface area (Å²) in [4.78, 5) is 25.1. The number of fused-ring (bicyclic) bond motifs is 3. The van der Waals surface area contributed by atoms with Gasteiger partial charge >= 0.3 is 0 Å². The Kier molecular flexibility index (Phi) is 6.71. The third-order valence-electron chi connectivity index (χ3n) is 5.51. The summed E-state index contributed by atoms with van der Waals surface area (Å²) in [7, 11) is 0. The number of hydrogen-bond donors (Lipinski definition) is 1. The fourth-order valence-corrected chi connectivity index (χ4v) is 4.01. The van der Waals surface area contributed by atoms with E-state index in [0.29, 0.717) is 44.6 Å². The van der Waals surface area contributed by atoms with Gasteiger partial charge in [0.1, 0.15) is 11.6 Å². The number of Topliss-reactive ketones (excluding diaryl/α,β-unsaturated/α-hetero) is 1. The van der Waals surface area contributed by atoms with E-state index >= 15 is 0 Å². The van der Waals surface area contributed by atoms with Crippen LogP contribution in [0.5, 0.6) is 0 Å². The summed E-state index contributed by atoms with van der Waals surface area (Å²) < 4.78 is 29.3. The fraction of sp³-hybridized carbons (Fsp3) is 0.111.